The summed E-state index contributed by atoms with van der Waals surface area (Å²) >= 11 is 3.05. The van der Waals surface area contributed by atoms with Crippen molar-refractivity contribution >= 4 is 29.4 Å². The number of thioether (sulfide) groups is 1. The summed E-state index contributed by atoms with van der Waals surface area (Å²) in [6.45, 7) is 3.83. The quantitative estimate of drug-likeness (QED) is 0.637. The van der Waals surface area contributed by atoms with Crippen LogP contribution >= 0.6 is 23.1 Å². The fourth-order valence-corrected chi connectivity index (χ4v) is 4.74. The Balaban J connectivity index is 2.67. The monoisotopic (exact) mass is 272 g/mol. The Morgan fingerprint density at radius 1 is 1.47 bits per heavy atom. The Bertz CT molecular complexity index is 451. The zero-order valence-electron chi connectivity index (χ0n) is 10.1. The SMILES string of the molecule is CSc1sc(C=O)c2c1C(C)(C)C(O)C(O)C2. The van der Waals surface area contributed by atoms with Gasteiger partial charge in [0.1, 0.15) is 0 Å². The number of aliphatic hydroxyl groups excluding tert-OH is 2. The second-order valence-corrected chi connectivity index (χ2v) is 6.99. The molecule has 1 aromatic rings. The third kappa shape index (κ3) is 1.85. The minimum absolute atomic E-state index is 0.366. The molecule has 17 heavy (non-hydrogen) atoms. The summed E-state index contributed by atoms with van der Waals surface area (Å²) in [5, 5.41) is 20.0. The van der Waals surface area contributed by atoms with E-state index in [2.05, 4.69) is 0 Å². The van der Waals surface area contributed by atoms with Gasteiger partial charge in [-0.25, -0.2) is 0 Å². The lowest BCUT2D eigenvalue weighted by Crippen LogP contribution is -2.47. The lowest BCUT2D eigenvalue weighted by molar-refractivity contribution is -0.0305. The van der Waals surface area contributed by atoms with E-state index in [4.69, 9.17) is 0 Å². The first-order valence-electron chi connectivity index (χ1n) is 5.45. The third-order valence-electron chi connectivity index (χ3n) is 3.46. The molecule has 0 saturated heterocycles. The minimum atomic E-state index is -0.791. The number of aldehydes is 1. The van der Waals surface area contributed by atoms with Crippen LogP contribution in [-0.4, -0.2) is 35.0 Å². The zero-order valence-corrected chi connectivity index (χ0v) is 11.7. The van der Waals surface area contributed by atoms with Crippen LogP contribution in [0.2, 0.25) is 0 Å². The molecule has 0 aromatic carbocycles. The summed E-state index contributed by atoms with van der Waals surface area (Å²) in [4.78, 5) is 11.7. The first kappa shape index (κ1) is 13.1. The third-order valence-corrected chi connectivity index (χ3v) is 5.74. The van der Waals surface area contributed by atoms with Gasteiger partial charge >= 0.3 is 0 Å². The van der Waals surface area contributed by atoms with Crippen LogP contribution in [-0.2, 0) is 11.8 Å². The molecule has 1 heterocycles. The van der Waals surface area contributed by atoms with Crippen LogP contribution in [0.15, 0.2) is 4.21 Å². The summed E-state index contributed by atoms with van der Waals surface area (Å²) in [5.41, 5.74) is 1.44. The fraction of sp³-hybridized carbons (Fsp3) is 0.583. The molecule has 0 saturated carbocycles. The van der Waals surface area contributed by atoms with Crippen LogP contribution in [0.1, 0.15) is 34.6 Å². The first-order chi connectivity index (χ1) is 7.93. The second-order valence-electron chi connectivity index (χ2n) is 4.87. The number of thiophene rings is 1. The molecule has 5 heteroatoms. The van der Waals surface area contributed by atoms with E-state index in [1.807, 2.05) is 20.1 Å². The molecule has 0 radical (unpaired) electrons. The highest BCUT2D eigenvalue weighted by Gasteiger charge is 2.44. The van der Waals surface area contributed by atoms with Crippen molar-refractivity contribution in [3.8, 4) is 0 Å². The molecule has 1 aromatic heterocycles. The smallest absolute Gasteiger partial charge is 0.160 e. The molecule has 0 spiro atoms. The van der Waals surface area contributed by atoms with E-state index < -0.39 is 17.6 Å². The molecular weight excluding hydrogens is 256 g/mol. The minimum Gasteiger partial charge on any atom is -0.390 e. The van der Waals surface area contributed by atoms with E-state index in [0.29, 0.717) is 11.3 Å². The largest absolute Gasteiger partial charge is 0.390 e. The van der Waals surface area contributed by atoms with Gasteiger partial charge in [0.25, 0.3) is 0 Å². The summed E-state index contributed by atoms with van der Waals surface area (Å²) in [5.74, 6) is 0. The predicted octanol–water partition coefficient (Wildman–Crippen LogP) is 1.84. The van der Waals surface area contributed by atoms with Crippen molar-refractivity contribution < 1.29 is 15.0 Å². The number of carbonyl (C=O) groups excluding carboxylic acids is 1. The molecule has 0 fully saturated rings. The summed E-state index contributed by atoms with van der Waals surface area (Å²) in [6, 6.07) is 0. The number of aliphatic hydroxyl groups is 2. The van der Waals surface area contributed by atoms with Crippen molar-refractivity contribution in [2.45, 2.75) is 42.1 Å². The molecule has 0 amide bonds. The Hall–Kier alpha value is -0.360. The highest BCUT2D eigenvalue weighted by molar-refractivity contribution is 8.00. The molecule has 2 atom stereocenters. The highest BCUT2D eigenvalue weighted by atomic mass is 32.2. The van der Waals surface area contributed by atoms with Crippen molar-refractivity contribution in [3.63, 3.8) is 0 Å². The van der Waals surface area contributed by atoms with Gasteiger partial charge in [0.05, 0.1) is 21.3 Å². The maximum atomic E-state index is 11.1. The molecule has 2 N–H and O–H groups in total. The topological polar surface area (TPSA) is 57.5 Å². The number of hydrogen-bond acceptors (Lipinski definition) is 5. The Morgan fingerprint density at radius 2 is 2.12 bits per heavy atom. The van der Waals surface area contributed by atoms with Gasteiger partial charge in [-0.15, -0.1) is 23.1 Å². The zero-order chi connectivity index (χ0) is 12.8. The highest BCUT2D eigenvalue weighted by Crippen LogP contribution is 2.47. The van der Waals surface area contributed by atoms with E-state index in [1.54, 1.807) is 11.8 Å². The van der Waals surface area contributed by atoms with Gasteiger partial charge in [-0.2, -0.15) is 0 Å². The fourth-order valence-electron chi connectivity index (χ4n) is 2.50. The summed E-state index contributed by atoms with van der Waals surface area (Å²) in [6.07, 6.45) is 1.61. The van der Waals surface area contributed by atoms with Gasteiger partial charge in [0.15, 0.2) is 6.29 Å². The molecular formula is C12H16O3S2. The molecule has 1 aliphatic rings. The predicted molar refractivity (Wildman–Crippen MR) is 70.2 cm³/mol. The average Bonchev–Trinajstić information content (AvgIpc) is 2.65. The Labute approximate surface area is 109 Å². The van der Waals surface area contributed by atoms with Crippen LogP contribution in [0.25, 0.3) is 0 Å². The number of carbonyl (C=O) groups is 1. The van der Waals surface area contributed by atoms with Gasteiger partial charge in [-0.1, -0.05) is 13.8 Å². The number of fused-ring (bicyclic) bond motifs is 1. The van der Waals surface area contributed by atoms with E-state index in [-0.39, 0.29) is 0 Å². The van der Waals surface area contributed by atoms with Crippen LogP contribution in [0, 0.1) is 0 Å². The summed E-state index contributed by atoms with van der Waals surface area (Å²) < 4.78 is 1.07. The molecule has 0 bridgehead atoms. The molecule has 0 aliphatic heterocycles. The van der Waals surface area contributed by atoms with E-state index >= 15 is 0 Å². The summed E-state index contributed by atoms with van der Waals surface area (Å²) in [7, 11) is 0. The van der Waals surface area contributed by atoms with Crippen LogP contribution < -0.4 is 0 Å². The average molecular weight is 272 g/mol. The Kier molecular flexibility index (Phi) is 3.38. The molecule has 94 valence electrons. The standard InChI is InChI=1S/C12H16O3S2/c1-12(2)9-6(4-7(14)10(12)15)8(5-13)17-11(9)16-3/h5,7,10,14-15H,4H2,1-3H3. The van der Waals surface area contributed by atoms with Crippen molar-refractivity contribution in [2.24, 2.45) is 0 Å². The van der Waals surface area contributed by atoms with Crippen molar-refractivity contribution in [1.82, 2.24) is 0 Å². The second kappa shape index (κ2) is 4.39. The van der Waals surface area contributed by atoms with Crippen molar-refractivity contribution in [3.05, 3.63) is 16.0 Å². The molecule has 2 unspecified atom stereocenters. The molecule has 3 nitrogen and oxygen atoms in total. The van der Waals surface area contributed by atoms with Gasteiger partial charge < -0.3 is 10.2 Å². The van der Waals surface area contributed by atoms with Gasteiger partial charge in [-0.3, -0.25) is 4.79 Å². The lowest BCUT2D eigenvalue weighted by Gasteiger charge is -2.39. The van der Waals surface area contributed by atoms with Crippen LogP contribution in [0.5, 0.6) is 0 Å². The van der Waals surface area contributed by atoms with Gasteiger partial charge in [0, 0.05) is 11.8 Å². The van der Waals surface area contributed by atoms with E-state index in [0.717, 1.165) is 21.6 Å². The first-order valence-corrected chi connectivity index (χ1v) is 7.49. The normalized spacial score (nSPS) is 26.6. The van der Waals surface area contributed by atoms with Gasteiger partial charge in [-0.05, 0) is 17.4 Å². The van der Waals surface area contributed by atoms with Crippen LogP contribution in [0.3, 0.4) is 0 Å². The molecule has 2 rings (SSSR count). The lowest BCUT2D eigenvalue weighted by atomic mass is 9.70. The maximum Gasteiger partial charge on any atom is 0.160 e. The molecule has 1 aliphatic carbocycles. The van der Waals surface area contributed by atoms with Gasteiger partial charge in [0.2, 0.25) is 0 Å². The van der Waals surface area contributed by atoms with E-state index in [9.17, 15) is 15.0 Å². The van der Waals surface area contributed by atoms with Crippen molar-refractivity contribution in [2.75, 3.05) is 6.26 Å². The maximum absolute atomic E-state index is 11.1. The van der Waals surface area contributed by atoms with Crippen LogP contribution in [0.4, 0.5) is 0 Å². The number of hydrogen-bond donors (Lipinski definition) is 2. The van der Waals surface area contributed by atoms with E-state index in [1.165, 1.54) is 11.3 Å². The van der Waals surface area contributed by atoms with Crippen molar-refractivity contribution in [1.29, 1.82) is 0 Å². The Morgan fingerprint density at radius 3 is 2.65 bits per heavy atom. The number of rotatable bonds is 2.